The summed E-state index contributed by atoms with van der Waals surface area (Å²) in [6.07, 6.45) is 0.529. The molecule has 3 heteroatoms. The van der Waals surface area contributed by atoms with Crippen molar-refractivity contribution in [3.8, 4) is 5.75 Å². The Bertz CT molecular complexity index is 268. The smallest absolute Gasteiger partial charge is 0.154 e. The van der Waals surface area contributed by atoms with Crippen LogP contribution in [0.15, 0.2) is 18.2 Å². The highest BCUT2D eigenvalue weighted by Gasteiger charge is 2.03. The summed E-state index contributed by atoms with van der Waals surface area (Å²) in [5.74, 6) is -0.0912. The average molecular weight is 152 g/mol. The van der Waals surface area contributed by atoms with Crippen molar-refractivity contribution < 1.29 is 15.0 Å². The van der Waals surface area contributed by atoms with Gasteiger partial charge in [-0.25, -0.2) is 0 Å². The third-order valence-electron chi connectivity index (χ3n) is 1.46. The van der Waals surface area contributed by atoms with Gasteiger partial charge in [0.25, 0.3) is 0 Å². The van der Waals surface area contributed by atoms with Gasteiger partial charge in [0.05, 0.1) is 12.2 Å². The standard InChI is InChI=1S/C8H8O3/c9-4-6-2-1-3-8(11)7(6)5-10/h1-3,5,9,11H,4H2. The molecular weight excluding hydrogens is 144 g/mol. The first-order chi connectivity index (χ1) is 5.29. The molecule has 0 saturated carbocycles. The molecule has 0 aliphatic carbocycles. The molecule has 0 atom stereocenters. The Morgan fingerprint density at radius 1 is 1.45 bits per heavy atom. The molecule has 0 saturated heterocycles. The predicted molar refractivity (Wildman–Crippen MR) is 39.4 cm³/mol. The van der Waals surface area contributed by atoms with Gasteiger partial charge in [-0.15, -0.1) is 0 Å². The van der Waals surface area contributed by atoms with E-state index >= 15 is 0 Å². The Hall–Kier alpha value is -1.35. The molecule has 0 radical (unpaired) electrons. The molecule has 0 aromatic heterocycles. The molecule has 0 fully saturated rings. The van der Waals surface area contributed by atoms with Crippen LogP contribution in [-0.2, 0) is 6.61 Å². The minimum Gasteiger partial charge on any atom is -0.507 e. The third kappa shape index (κ3) is 1.38. The van der Waals surface area contributed by atoms with Crippen LogP contribution in [0.3, 0.4) is 0 Å². The Labute approximate surface area is 63.9 Å². The number of carbonyl (C=O) groups is 1. The van der Waals surface area contributed by atoms with Gasteiger partial charge in [-0.2, -0.15) is 0 Å². The average Bonchev–Trinajstić information content (AvgIpc) is 2.04. The van der Waals surface area contributed by atoms with Gasteiger partial charge in [-0.05, 0) is 11.6 Å². The number of phenols is 1. The van der Waals surface area contributed by atoms with Crippen molar-refractivity contribution in [2.24, 2.45) is 0 Å². The van der Waals surface area contributed by atoms with Crippen LogP contribution in [0.2, 0.25) is 0 Å². The van der Waals surface area contributed by atoms with Crippen molar-refractivity contribution in [1.29, 1.82) is 0 Å². The van der Waals surface area contributed by atoms with E-state index in [1.807, 2.05) is 0 Å². The van der Waals surface area contributed by atoms with Crippen LogP contribution in [0.5, 0.6) is 5.75 Å². The van der Waals surface area contributed by atoms with Gasteiger partial charge < -0.3 is 10.2 Å². The molecule has 1 rings (SSSR count). The summed E-state index contributed by atoms with van der Waals surface area (Å²) in [5, 5.41) is 17.8. The van der Waals surface area contributed by atoms with Gasteiger partial charge in [-0.1, -0.05) is 12.1 Å². The Morgan fingerprint density at radius 3 is 2.64 bits per heavy atom. The van der Waals surface area contributed by atoms with Crippen LogP contribution in [0.4, 0.5) is 0 Å². The summed E-state index contributed by atoms with van der Waals surface area (Å²) < 4.78 is 0. The molecule has 1 aromatic rings. The number of aliphatic hydroxyl groups excluding tert-OH is 1. The quantitative estimate of drug-likeness (QED) is 0.613. The third-order valence-corrected chi connectivity index (χ3v) is 1.46. The van der Waals surface area contributed by atoms with Gasteiger partial charge in [0.2, 0.25) is 0 Å². The normalized spacial score (nSPS) is 9.55. The maximum Gasteiger partial charge on any atom is 0.154 e. The van der Waals surface area contributed by atoms with E-state index in [0.717, 1.165) is 0 Å². The summed E-state index contributed by atoms with van der Waals surface area (Å²) in [5.41, 5.74) is 0.606. The van der Waals surface area contributed by atoms with Gasteiger partial charge >= 0.3 is 0 Å². The molecule has 0 bridgehead atoms. The highest BCUT2D eigenvalue weighted by Crippen LogP contribution is 2.18. The highest BCUT2D eigenvalue weighted by atomic mass is 16.3. The number of aliphatic hydroxyl groups is 1. The minimum absolute atomic E-state index is 0.0912. The summed E-state index contributed by atoms with van der Waals surface area (Å²) >= 11 is 0. The molecule has 3 nitrogen and oxygen atoms in total. The van der Waals surface area contributed by atoms with Crippen molar-refractivity contribution in [2.45, 2.75) is 6.61 Å². The fraction of sp³-hybridized carbons (Fsp3) is 0.125. The first-order valence-electron chi connectivity index (χ1n) is 3.16. The zero-order valence-corrected chi connectivity index (χ0v) is 5.82. The van der Waals surface area contributed by atoms with Crippen LogP contribution in [0.1, 0.15) is 15.9 Å². The summed E-state index contributed by atoms with van der Waals surface area (Å²) in [6.45, 7) is -0.234. The van der Waals surface area contributed by atoms with Crippen molar-refractivity contribution in [1.82, 2.24) is 0 Å². The van der Waals surface area contributed by atoms with Crippen LogP contribution in [0, 0.1) is 0 Å². The maximum absolute atomic E-state index is 10.3. The molecule has 11 heavy (non-hydrogen) atoms. The number of aromatic hydroxyl groups is 1. The van der Waals surface area contributed by atoms with Gasteiger partial charge in [0.1, 0.15) is 5.75 Å². The lowest BCUT2D eigenvalue weighted by Gasteiger charge is -2.01. The number of phenolic OH excluding ortho intramolecular Hbond substituents is 1. The van der Waals surface area contributed by atoms with E-state index in [4.69, 9.17) is 10.2 Å². The summed E-state index contributed by atoms with van der Waals surface area (Å²) in [6, 6.07) is 4.57. The molecule has 0 aliphatic rings. The molecule has 1 aromatic carbocycles. The van der Waals surface area contributed by atoms with Gasteiger partial charge in [0, 0.05) is 0 Å². The van der Waals surface area contributed by atoms with Crippen molar-refractivity contribution in [2.75, 3.05) is 0 Å². The molecule has 58 valence electrons. The van der Waals surface area contributed by atoms with Crippen LogP contribution < -0.4 is 0 Å². The number of rotatable bonds is 2. The number of benzene rings is 1. The summed E-state index contributed by atoms with van der Waals surface area (Å²) in [7, 11) is 0. The van der Waals surface area contributed by atoms with Crippen molar-refractivity contribution in [3.63, 3.8) is 0 Å². The topological polar surface area (TPSA) is 57.5 Å². The Kier molecular flexibility index (Phi) is 2.23. The Morgan fingerprint density at radius 2 is 2.18 bits per heavy atom. The first kappa shape index (κ1) is 7.75. The van der Waals surface area contributed by atoms with E-state index in [1.54, 1.807) is 12.1 Å². The number of carbonyl (C=O) groups excluding carboxylic acids is 1. The van der Waals surface area contributed by atoms with Crippen molar-refractivity contribution >= 4 is 6.29 Å². The Balaban J connectivity index is 3.24. The van der Waals surface area contributed by atoms with E-state index in [1.165, 1.54) is 6.07 Å². The minimum atomic E-state index is -0.234. The van der Waals surface area contributed by atoms with E-state index in [2.05, 4.69) is 0 Å². The molecule has 0 heterocycles. The van der Waals surface area contributed by atoms with E-state index in [-0.39, 0.29) is 17.9 Å². The molecule has 0 unspecified atom stereocenters. The second kappa shape index (κ2) is 3.16. The monoisotopic (exact) mass is 152 g/mol. The molecule has 0 spiro atoms. The van der Waals surface area contributed by atoms with Crippen LogP contribution in [-0.4, -0.2) is 16.5 Å². The largest absolute Gasteiger partial charge is 0.507 e. The van der Waals surface area contributed by atoms with Gasteiger partial charge in [-0.3, -0.25) is 4.79 Å². The lowest BCUT2D eigenvalue weighted by atomic mass is 10.1. The van der Waals surface area contributed by atoms with E-state index in [0.29, 0.717) is 11.8 Å². The van der Waals surface area contributed by atoms with Crippen LogP contribution >= 0.6 is 0 Å². The number of hydrogen-bond acceptors (Lipinski definition) is 3. The van der Waals surface area contributed by atoms with Crippen LogP contribution in [0.25, 0.3) is 0 Å². The van der Waals surface area contributed by atoms with Crippen molar-refractivity contribution in [3.05, 3.63) is 29.3 Å². The number of aldehydes is 1. The zero-order chi connectivity index (χ0) is 8.27. The fourth-order valence-corrected chi connectivity index (χ4v) is 0.873. The fourth-order valence-electron chi connectivity index (χ4n) is 0.873. The first-order valence-corrected chi connectivity index (χ1v) is 3.16. The van der Waals surface area contributed by atoms with E-state index in [9.17, 15) is 4.79 Å². The highest BCUT2D eigenvalue weighted by molar-refractivity contribution is 5.81. The number of hydrogen-bond donors (Lipinski definition) is 2. The molecular formula is C8H8O3. The molecule has 0 amide bonds. The maximum atomic E-state index is 10.3. The SMILES string of the molecule is O=Cc1c(O)cccc1CO. The summed E-state index contributed by atoms with van der Waals surface area (Å²) in [4.78, 5) is 10.3. The van der Waals surface area contributed by atoms with E-state index < -0.39 is 0 Å². The second-order valence-electron chi connectivity index (χ2n) is 2.13. The zero-order valence-electron chi connectivity index (χ0n) is 5.82. The van der Waals surface area contributed by atoms with Gasteiger partial charge in [0.15, 0.2) is 6.29 Å². The molecule has 2 N–H and O–H groups in total. The lowest BCUT2D eigenvalue weighted by molar-refractivity contribution is 0.111. The second-order valence-corrected chi connectivity index (χ2v) is 2.13. The predicted octanol–water partition coefficient (Wildman–Crippen LogP) is 0.697. The molecule has 0 aliphatic heterocycles. The lowest BCUT2D eigenvalue weighted by Crippen LogP contribution is -1.91.